The fourth-order valence-electron chi connectivity index (χ4n) is 3.53. The lowest BCUT2D eigenvalue weighted by molar-refractivity contribution is -0.140. The van der Waals surface area contributed by atoms with Crippen LogP contribution in [-0.4, -0.2) is 45.5 Å². The summed E-state index contributed by atoms with van der Waals surface area (Å²) >= 11 is 0. The molecule has 0 aliphatic rings. The SMILES string of the molecule is COC(=O)CCc1ccc(-c2ccccc2C(=O)Nc2ccc(C(=N)N)cc2)c(C(=O)OS(C)(=O)=O)c1. The smallest absolute Gasteiger partial charge is 0.354 e. The minimum atomic E-state index is -4.12. The molecule has 37 heavy (non-hydrogen) atoms. The van der Waals surface area contributed by atoms with Crippen LogP contribution in [-0.2, 0) is 30.3 Å². The van der Waals surface area contributed by atoms with Crippen molar-refractivity contribution in [1.82, 2.24) is 0 Å². The Bertz CT molecular complexity index is 1470. The topological polar surface area (TPSA) is 166 Å². The van der Waals surface area contributed by atoms with Crippen molar-refractivity contribution < 1.29 is 31.7 Å². The summed E-state index contributed by atoms with van der Waals surface area (Å²) in [6.45, 7) is 0. The number of esters is 1. The number of methoxy groups -OCH3 is 1. The minimum absolute atomic E-state index is 0.0534. The van der Waals surface area contributed by atoms with Crippen molar-refractivity contribution in [2.45, 2.75) is 12.8 Å². The van der Waals surface area contributed by atoms with E-state index in [0.717, 1.165) is 6.26 Å². The van der Waals surface area contributed by atoms with E-state index in [1.807, 2.05) is 0 Å². The van der Waals surface area contributed by atoms with Crippen LogP contribution in [0.15, 0.2) is 66.7 Å². The number of hydrogen-bond acceptors (Lipinski definition) is 8. The van der Waals surface area contributed by atoms with Crippen molar-refractivity contribution in [3.8, 4) is 11.1 Å². The number of anilines is 1. The fraction of sp³-hybridized carbons (Fsp3) is 0.154. The standard InChI is InChI=1S/C26H25N3O7S/c1-35-23(30)14-8-16-7-13-20(22(15-16)26(32)36-37(2,33)34)19-5-3-4-6-21(19)25(31)29-18-11-9-17(10-12-18)24(27)28/h3-7,9-13,15H,8,14H2,1-2H3,(H3,27,28)(H,29,31). The predicted octanol–water partition coefficient (Wildman–Crippen LogP) is 3.11. The molecule has 0 saturated heterocycles. The fourth-order valence-corrected chi connectivity index (χ4v) is 3.89. The van der Waals surface area contributed by atoms with Gasteiger partial charge in [-0.3, -0.25) is 15.0 Å². The number of benzene rings is 3. The van der Waals surface area contributed by atoms with Crippen LogP contribution in [0.1, 0.15) is 38.3 Å². The Morgan fingerprint density at radius 3 is 2.22 bits per heavy atom. The highest BCUT2D eigenvalue weighted by atomic mass is 32.2. The highest BCUT2D eigenvalue weighted by molar-refractivity contribution is 7.86. The number of aryl methyl sites for hydroxylation is 1. The second kappa shape index (κ2) is 11.5. The zero-order chi connectivity index (χ0) is 27.2. The number of amidine groups is 1. The summed E-state index contributed by atoms with van der Waals surface area (Å²) in [4.78, 5) is 37.6. The molecule has 3 aromatic carbocycles. The summed E-state index contributed by atoms with van der Waals surface area (Å²) in [6, 6.07) is 17.6. The quantitative estimate of drug-likeness (QED) is 0.166. The number of rotatable bonds is 9. The normalized spacial score (nSPS) is 10.9. The van der Waals surface area contributed by atoms with Gasteiger partial charge in [0.2, 0.25) is 0 Å². The molecule has 0 spiro atoms. The first kappa shape index (κ1) is 27.1. The van der Waals surface area contributed by atoms with E-state index in [0.29, 0.717) is 22.4 Å². The molecule has 0 heterocycles. The molecule has 0 atom stereocenters. The van der Waals surface area contributed by atoms with Gasteiger partial charge in [0, 0.05) is 23.2 Å². The van der Waals surface area contributed by atoms with Crippen LogP contribution in [0, 0.1) is 5.41 Å². The molecule has 0 fully saturated rings. The van der Waals surface area contributed by atoms with Crippen LogP contribution in [0.4, 0.5) is 5.69 Å². The number of nitrogen functional groups attached to an aromatic ring is 1. The molecule has 0 aromatic heterocycles. The van der Waals surface area contributed by atoms with Gasteiger partial charge in [0.05, 0.1) is 18.9 Å². The molecular formula is C26H25N3O7S. The van der Waals surface area contributed by atoms with Crippen LogP contribution in [0.25, 0.3) is 11.1 Å². The molecule has 0 radical (unpaired) electrons. The third-order valence-corrected chi connectivity index (χ3v) is 5.75. The summed E-state index contributed by atoms with van der Waals surface area (Å²) in [7, 11) is -2.85. The second-order valence-corrected chi connectivity index (χ2v) is 9.60. The maximum atomic E-state index is 13.2. The predicted molar refractivity (Wildman–Crippen MR) is 138 cm³/mol. The Morgan fingerprint density at radius 2 is 1.59 bits per heavy atom. The zero-order valence-corrected chi connectivity index (χ0v) is 20.9. The Morgan fingerprint density at radius 1 is 0.946 bits per heavy atom. The number of ether oxygens (including phenoxy) is 1. The highest BCUT2D eigenvalue weighted by Crippen LogP contribution is 2.30. The highest BCUT2D eigenvalue weighted by Gasteiger charge is 2.22. The van der Waals surface area contributed by atoms with Gasteiger partial charge in [-0.15, -0.1) is 0 Å². The summed E-state index contributed by atoms with van der Waals surface area (Å²) in [5.74, 6) is -2.15. The van der Waals surface area contributed by atoms with Gasteiger partial charge in [0.1, 0.15) is 5.84 Å². The van der Waals surface area contributed by atoms with Crippen molar-refractivity contribution in [2.24, 2.45) is 5.73 Å². The average Bonchev–Trinajstić information content (AvgIpc) is 2.86. The van der Waals surface area contributed by atoms with Crippen molar-refractivity contribution in [2.75, 3.05) is 18.7 Å². The van der Waals surface area contributed by atoms with Crippen LogP contribution in [0.2, 0.25) is 0 Å². The van der Waals surface area contributed by atoms with Gasteiger partial charge in [0.25, 0.3) is 5.91 Å². The minimum Gasteiger partial charge on any atom is -0.469 e. The lowest BCUT2D eigenvalue weighted by Gasteiger charge is -2.15. The summed E-state index contributed by atoms with van der Waals surface area (Å²) < 4.78 is 32.6. The first-order valence-electron chi connectivity index (χ1n) is 11.0. The molecule has 0 aliphatic heterocycles. The Hall–Kier alpha value is -4.51. The van der Waals surface area contributed by atoms with E-state index < -0.39 is 28.0 Å². The number of hydrogen-bond donors (Lipinski definition) is 3. The number of nitrogens with one attached hydrogen (secondary N) is 2. The molecule has 0 bridgehead atoms. The Balaban J connectivity index is 2.02. The molecule has 10 nitrogen and oxygen atoms in total. The first-order valence-corrected chi connectivity index (χ1v) is 12.8. The molecule has 3 aromatic rings. The van der Waals surface area contributed by atoms with E-state index in [-0.39, 0.29) is 35.4 Å². The maximum Gasteiger partial charge on any atom is 0.354 e. The first-order chi connectivity index (χ1) is 17.5. The monoisotopic (exact) mass is 523 g/mol. The van der Waals surface area contributed by atoms with Crippen molar-refractivity contribution in [3.63, 3.8) is 0 Å². The Kier molecular flexibility index (Phi) is 8.41. The number of amides is 1. The van der Waals surface area contributed by atoms with Gasteiger partial charge in [-0.1, -0.05) is 30.3 Å². The van der Waals surface area contributed by atoms with Crippen molar-refractivity contribution in [3.05, 3.63) is 89.0 Å². The van der Waals surface area contributed by atoms with E-state index in [9.17, 15) is 22.8 Å². The Labute approximate surface area is 214 Å². The van der Waals surface area contributed by atoms with Gasteiger partial charge < -0.3 is 20.0 Å². The van der Waals surface area contributed by atoms with Gasteiger partial charge >= 0.3 is 22.1 Å². The third-order valence-electron chi connectivity index (χ3n) is 5.29. The van der Waals surface area contributed by atoms with Crippen molar-refractivity contribution >= 4 is 39.5 Å². The molecule has 1 amide bonds. The molecule has 192 valence electrons. The van der Waals surface area contributed by atoms with Gasteiger partial charge in [-0.05, 0) is 59.5 Å². The molecule has 0 unspecified atom stereocenters. The third kappa shape index (κ3) is 7.24. The summed E-state index contributed by atoms with van der Waals surface area (Å²) in [5, 5.41) is 10.2. The van der Waals surface area contributed by atoms with Crippen LogP contribution >= 0.6 is 0 Å². The summed E-state index contributed by atoms with van der Waals surface area (Å²) in [5.41, 5.74) is 7.76. The average molecular weight is 524 g/mol. The van der Waals surface area contributed by atoms with Gasteiger partial charge in [-0.25, -0.2) is 4.79 Å². The van der Waals surface area contributed by atoms with E-state index in [2.05, 4.69) is 14.2 Å². The number of carbonyl (C=O) groups is 3. The molecule has 0 saturated carbocycles. The van der Waals surface area contributed by atoms with E-state index in [4.69, 9.17) is 11.1 Å². The van der Waals surface area contributed by atoms with E-state index in [1.165, 1.54) is 13.2 Å². The molecular weight excluding hydrogens is 498 g/mol. The molecule has 4 N–H and O–H groups in total. The maximum absolute atomic E-state index is 13.2. The van der Waals surface area contributed by atoms with Gasteiger partial charge in [-0.2, -0.15) is 8.42 Å². The van der Waals surface area contributed by atoms with E-state index >= 15 is 0 Å². The molecule has 11 heteroatoms. The van der Waals surface area contributed by atoms with Crippen LogP contribution < -0.4 is 11.1 Å². The summed E-state index contributed by atoms with van der Waals surface area (Å²) in [6.07, 6.45) is 1.05. The number of carbonyl (C=O) groups excluding carboxylic acids is 3. The number of nitrogens with two attached hydrogens (primary N) is 1. The molecule has 0 aliphatic carbocycles. The zero-order valence-electron chi connectivity index (χ0n) is 20.1. The van der Waals surface area contributed by atoms with Crippen molar-refractivity contribution in [1.29, 1.82) is 5.41 Å². The second-order valence-electron chi connectivity index (χ2n) is 8.02. The van der Waals surface area contributed by atoms with Crippen LogP contribution in [0.3, 0.4) is 0 Å². The van der Waals surface area contributed by atoms with Crippen LogP contribution in [0.5, 0.6) is 0 Å². The van der Waals surface area contributed by atoms with E-state index in [1.54, 1.807) is 60.7 Å². The molecule has 3 rings (SSSR count). The largest absolute Gasteiger partial charge is 0.469 e. The lowest BCUT2D eigenvalue weighted by atomic mass is 9.92. The lowest BCUT2D eigenvalue weighted by Crippen LogP contribution is -2.16. The van der Waals surface area contributed by atoms with Gasteiger partial charge in [0.15, 0.2) is 0 Å².